The van der Waals surface area contributed by atoms with Crippen LogP contribution in [0.15, 0.2) is 17.1 Å². The van der Waals surface area contributed by atoms with Gasteiger partial charge in [0.2, 0.25) is 5.91 Å². The Bertz CT molecular complexity index is 626. The molecule has 1 amide bonds. The standard InChI is InChI=1S/C15H17FN2O3/c1-8-11(4-5-14-15(20)21-10(3)18-14)6-12(7-13(8)16)17-9(2)19/h6-7,14H,4-5H2,1-3H3,(H,17,19)/t14-/m0/s1. The summed E-state index contributed by atoms with van der Waals surface area (Å²) in [5.41, 5.74) is 1.66. The van der Waals surface area contributed by atoms with Crippen LogP contribution in [-0.4, -0.2) is 23.8 Å². The SMILES string of the molecule is CC(=O)Nc1cc(F)c(C)c(CC[C@@H]2N=C(C)OC2=O)c1. The molecule has 1 aliphatic heterocycles. The van der Waals surface area contributed by atoms with Gasteiger partial charge in [0.15, 0.2) is 11.9 Å². The van der Waals surface area contributed by atoms with Gasteiger partial charge in [-0.05, 0) is 43.0 Å². The van der Waals surface area contributed by atoms with Crippen LogP contribution >= 0.6 is 0 Å². The van der Waals surface area contributed by atoms with Crippen LogP contribution in [0, 0.1) is 12.7 Å². The topological polar surface area (TPSA) is 67.8 Å². The predicted molar refractivity (Wildman–Crippen MR) is 76.8 cm³/mol. The first-order valence-electron chi connectivity index (χ1n) is 6.69. The largest absolute Gasteiger partial charge is 0.411 e. The summed E-state index contributed by atoms with van der Waals surface area (Å²) in [6, 6.07) is 2.47. The molecule has 0 radical (unpaired) electrons. The van der Waals surface area contributed by atoms with Crippen molar-refractivity contribution in [3.8, 4) is 0 Å². The number of rotatable bonds is 4. The van der Waals surface area contributed by atoms with E-state index < -0.39 is 6.04 Å². The van der Waals surface area contributed by atoms with Crippen LogP contribution < -0.4 is 5.32 Å². The summed E-state index contributed by atoms with van der Waals surface area (Å²) >= 11 is 0. The maximum atomic E-state index is 13.9. The number of carbonyl (C=O) groups is 2. The van der Waals surface area contributed by atoms with Crippen molar-refractivity contribution in [2.45, 2.75) is 39.7 Å². The number of nitrogens with one attached hydrogen (secondary N) is 1. The lowest BCUT2D eigenvalue weighted by Gasteiger charge is -2.11. The van der Waals surface area contributed by atoms with Gasteiger partial charge in [0, 0.05) is 19.5 Å². The van der Waals surface area contributed by atoms with Gasteiger partial charge < -0.3 is 10.1 Å². The number of nitrogens with zero attached hydrogens (tertiary/aromatic N) is 1. The zero-order valence-electron chi connectivity index (χ0n) is 12.2. The van der Waals surface area contributed by atoms with Gasteiger partial charge in [0.1, 0.15) is 5.82 Å². The highest BCUT2D eigenvalue weighted by molar-refractivity contribution is 5.96. The molecule has 2 rings (SSSR count). The summed E-state index contributed by atoms with van der Waals surface area (Å²) in [7, 11) is 0. The van der Waals surface area contributed by atoms with Crippen molar-refractivity contribution in [3.05, 3.63) is 29.1 Å². The molecule has 1 aromatic carbocycles. The number of carbonyl (C=O) groups excluding carboxylic acids is 2. The second kappa shape index (κ2) is 6.03. The molecular formula is C15H17FN2O3. The van der Waals surface area contributed by atoms with E-state index in [1.807, 2.05) is 0 Å². The minimum atomic E-state index is -0.531. The molecule has 0 bridgehead atoms. The summed E-state index contributed by atoms with van der Waals surface area (Å²) in [4.78, 5) is 26.6. The van der Waals surface area contributed by atoms with E-state index in [-0.39, 0.29) is 17.7 Å². The van der Waals surface area contributed by atoms with Gasteiger partial charge >= 0.3 is 5.97 Å². The van der Waals surface area contributed by atoms with Crippen molar-refractivity contribution in [1.82, 2.24) is 0 Å². The number of aliphatic imine (C=N–C) groups is 1. The average Bonchev–Trinajstić information content (AvgIpc) is 2.69. The Balaban J connectivity index is 2.13. The highest BCUT2D eigenvalue weighted by atomic mass is 19.1. The molecule has 1 aliphatic rings. The number of amides is 1. The number of benzene rings is 1. The monoisotopic (exact) mass is 292 g/mol. The van der Waals surface area contributed by atoms with Crippen LogP contribution in [0.4, 0.5) is 10.1 Å². The van der Waals surface area contributed by atoms with E-state index in [2.05, 4.69) is 10.3 Å². The lowest BCUT2D eigenvalue weighted by Crippen LogP contribution is -2.16. The quantitative estimate of drug-likeness (QED) is 0.866. The Morgan fingerprint density at radius 3 is 2.71 bits per heavy atom. The van der Waals surface area contributed by atoms with Gasteiger partial charge in [0.25, 0.3) is 0 Å². The van der Waals surface area contributed by atoms with Crippen molar-refractivity contribution in [2.24, 2.45) is 4.99 Å². The Labute approximate surface area is 122 Å². The number of hydrogen-bond donors (Lipinski definition) is 1. The van der Waals surface area contributed by atoms with Crippen LogP contribution in [0.25, 0.3) is 0 Å². The number of cyclic esters (lactones) is 1. The van der Waals surface area contributed by atoms with Crippen molar-refractivity contribution in [3.63, 3.8) is 0 Å². The first-order chi connectivity index (χ1) is 9.86. The number of anilines is 1. The van der Waals surface area contributed by atoms with Gasteiger partial charge in [-0.3, -0.25) is 4.79 Å². The number of ether oxygens (including phenoxy) is 1. The summed E-state index contributed by atoms with van der Waals surface area (Å²) in [6.45, 7) is 4.66. The maximum Gasteiger partial charge on any atom is 0.337 e. The predicted octanol–water partition coefficient (Wildman–Crippen LogP) is 2.37. The fraction of sp³-hybridized carbons (Fsp3) is 0.400. The molecule has 0 saturated heterocycles. The molecule has 0 aromatic heterocycles. The first kappa shape index (κ1) is 15.2. The molecule has 1 N–H and O–H groups in total. The lowest BCUT2D eigenvalue weighted by molar-refractivity contribution is -0.135. The van der Waals surface area contributed by atoms with E-state index >= 15 is 0 Å². The molecule has 1 atom stereocenters. The fourth-order valence-corrected chi connectivity index (χ4v) is 2.26. The zero-order valence-corrected chi connectivity index (χ0v) is 12.2. The Morgan fingerprint density at radius 2 is 2.14 bits per heavy atom. The van der Waals surface area contributed by atoms with Crippen LogP contribution in [0.5, 0.6) is 0 Å². The molecule has 0 saturated carbocycles. The second-order valence-electron chi connectivity index (χ2n) is 5.05. The summed E-state index contributed by atoms with van der Waals surface area (Å²) in [6.07, 6.45) is 0.923. The van der Waals surface area contributed by atoms with E-state index in [0.29, 0.717) is 30.0 Å². The van der Waals surface area contributed by atoms with Gasteiger partial charge in [-0.2, -0.15) is 0 Å². The number of halogens is 1. The minimum absolute atomic E-state index is 0.260. The summed E-state index contributed by atoms with van der Waals surface area (Å²) < 4.78 is 18.7. The highest BCUT2D eigenvalue weighted by Crippen LogP contribution is 2.22. The molecular weight excluding hydrogens is 275 g/mol. The van der Waals surface area contributed by atoms with Crippen molar-refractivity contribution >= 4 is 23.5 Å². The summed E-state index contributed by atoms with van der Waals surface area (Å²) in [5.74, 6) is -0.655. The molecule has 6 heteroatoms. The minimum Gasteiger partial charge on any atom is -0.411 e. The van der Waals surface area contributed by atoms with Crippen molar-refractivity contribution < 1.29 is 18.7 Å². The first-order valence-corrected chi connectivity index (χ1v) is 6.69. The molecule has 21 heavy (non-hydrogen) atoms. The molecule has 5 nitrogen and oxygen atoms in total. The van der Waals surface area contributed by atoms with Gasteiger partial charge in [-0.15, -0.1) is 0 Å². The van der Waals surface area contributed by atoms with Crippen LogP contribution in [0.2, 0.25) is 0 Å². The van der Waals surface area contributed by atoms with E-state index in [1.165, 1.54) is 13.0 Å². The molecule has 112 valence electrons. The van der Waals surface area contributed by atoms with Crippen molar-refractivity contribution in [1.29, 1.82) is 0 Å². The highest BCUT2D eigenvalue weighted by Gasteiger charge is 2.26. The smallest absolute Gasteiger partial charge is 0.337 e. The third kappa shape index (κ3) is 3.65. The number of aryl methyl sites for hydroxylation is 1. The van der Waals surface area contributed by atoms with E-state index in [9.17, 15) is 14.0 Å². The molecule has 1 heterocycles. The maximum absolute atomic E-state index is 13.9. The lowest BCUT2D eigenvalue weighted by atomic mass is 10.00. The molecule has 0 fully saturated rings. The third-order valence-electron chi connectivity index (χ3n) is 3.32. The van der Waals surface area contributed by atoms with Gasteiger partial charge in [0.05, 0.1) is 0 Å². The van der Waals surface area contributed by atoms with Crippen molar-refractivity contribution in [2.75, 3.05) is 5.32 Å². The van der Waals surface area contributed by atoms with E-state index in [4.69, 9.17) is 4.74 Å². The van der Waals surface area contributed by atoms with Crippen LogP contribution in [0.3, 0.4) is 0 Å². The zero-order chi connectivity index (χ0) is 15.6. The molecule has 1 aromatic rings. The Hall–Kier alpha value is -2.24. The number of esters is 1. The second-order valence-corrected chi connectivity index (χ2v) is 5.05. The Morgan fingerprint density at radius 1 is 1.43 bits per heavy atom. The Kier molecular flexibility index (Phi) is 4.35. The van der Waals surface area contributed by atoms with E-state index in [1.54, 1.807) is 19.9 Å². The molecule has 0 spiro atoms. The van der Waals surface area contributed by atoms with Crippen LogP contribution in [-0.2, 0) is 20.7 Å². The normalized spacial score (nSPS) is 17.4. The van der Waals surface area contributed by atoms with E-state index in [0.717, 1.165) is 5.56 Å². The summed E-state index contributed by atoms with van der Waals surface area (Å²) in [5, 5.41) is 2.56. The van der Waals surface area contributed by atoms with Gasteiger partial charge in [-0.1, -0.05) is 0 Å². The fourth-order valence-electron chi connectivity index (χ4n) is 2.26. The molecule has 0 aliphatic carbocycles. The average molecular weight is 292 g/mol. The number of hydrogen-bond acceptors (Lipinski definition) is 4. The van der Waals surface area contributed by atoms with Crippen LogP contribution in [0.1, 0.15) is 31.4 Å². The van der Waals surface area contributed by atoms with Gasteiger partial charge in [-0.25, -0.2) is 14.2 Å². The third-order valence-corrected chi connectivity index (χ3v) is 3.32. The molecule has 0 unspecified atom stereocenters.